The number of alkyl halides is 1. The molecule has 11 heavy (non-hydrogen) atoms. The maximum absolute atomic E-state index is 10.3. The molecule has 0 aromatic carbocycles. The maximum Gasteiger partial charge on any atom is 0.470 e. The molecule has 0 radical (unpaired) electrons. The summed E-state index contributed by atoms with van der Waals surface area (Å²) >= 11 is 5.16. The van der Waals surface area contributed by atoms with Gasteiger partial charge in [-0.15, -0.1) is 0 Å². The van der Waals surface area contributed by atoms with Crippen LogP contribution >= 0.6 is 19.4 Å². The van der Waals surface area contributed by atoms with E-state index in [1.54, 1.807) is 0 Å². The molecule has 0 amide bonds. The molecule has 0 saturated carbocycles. The lowest BCUT2D eigenvalue weighted by Gasteiger charge is -2.26. The molecule has 0 aromatic heterocycles. The standard InChI is InChI=1S/C4H10ClO5P/c1-4(2,3(5)6)10-11(7,8)9/h3,6H,1-2H3,(H2,7,8,9). The van der Waals surface area contributed by atoms with E-state index in [2.05, 4.69) is 4.52 Å². The Labute approximate surface area is 69.2 Å². The van der Waals surface area contributed by atoms with Crippen molar-refractivity contribution in [2.24, 2.45) is 0 Å². The van der Waals surface area contributed by atoms with Gasteiger partial charge in [-0.05, 0) is 13.8 Å². The minimum atomic E-state index is -4.59. The molecule has 0 aliphatic rings. The van der Waals surface area contributed by atoms with Crippen molar-refractivity contribution >= 4 is 19.4 Å². The van der Waals surface area contributed by atoms with Crippen LogP contribution in [-0.2, 0) is 9.09 Å². The Morgan fingerprint density at radius 1 is 1.55 bits per heavy atom. The minimum absolute atomic E-state index is 1.27. The van der Waals surface area contributed by atoms with E-state index >= 15 is 0 Å². The SMILES string of the molecule is CC(C)(OP(=O)(O)O)C(O)Cl. The fraction of sp³-hybridized carbons (Fsp3) is 1.00. The molecule has 0 bridgehead atoms. The van der Waals surface area contributed by atoms with Crippen LogP contribution in [0.15, 0.2) is 0 Å². The lowest BCUT2D eigenvalue weighted by Crippen LogP contribution is -2.34. The molecule has 7 heteroatoms. The van der Waals surface area contributed by atoms with Gasteiger partial charge >= 0.3 is 7.82 Å². The third-order valence-electron chi connectivity index (χ3n) is 0.928. The van der Waals surface area contributed by atoms with Crippen molar-refractivity contribution < 1.29 is 24.0 Å². The van der Waals surface area contributed by atoms with Gasteiger partial charge < -0.3 is 14.9 Å². The van der Waals surface area contributed by atoms with Crippen LogP contribution in [0, 0.1) is 0 Å². The number of hydrogen-bond donors (Lipinski definition) is 3. The summed E-state index contributed by atoms with van der Waals surface area (Å²) in [6, 6.07) is 0. The van der Waals surface area contributed by atoms with Crippen LogP contribution in [0.25, 0.3) is 0 Å². The van der Waals surface area contributed by atoms with Crippen molar-refractivity contribution in [1.29, 1.82) is 0 Å². The largest absolute Gasteiger partial charge is 0.470 e. The zero-order chi connectivity index (χ0) is 9.28. The molecule has 1 atom stereocenters. The van der Waals surface area contributed by atoms with Gasteiger partial charge in [-0.2, -0.15) is 0 Å². The molecule has 68 valence electrons. The predicted octanol–water partition coefficient (Wildman–Crippen LogP) is 0.431. The summed E-state index contributed by atoms with van der Waals surface area (Å²) in [4.78, 5) is 16.6. The second-order valence-electron chi connectivity index (χ2n) is 2.52. The fourth-order valence-corrected chi connectivity index (χ4v) is 1.17. The fourth-order valence-electron chi connectivity index (χ4n) is 0.350. The third-order valence-corrected chi connectivity index (χ3v) is 2.16. The number of hydrogen-bond acceptors (Lipinski definition) is 3. The summed E-state index contributed by atoms with van der Waals surface area (Å²) in [6.45, 7) is 2.54. The lowest BCUT2D eigenvalue weighted by molar-refractivity contribution is -0.00542. The summed E-state index contributed by atoms with van der Waals surface area (Å²) in [6.07, 6.45) is 0. The molecule has 0 rings (SSSR count). The number of phosphoric ester groups is 1. The zero-order valence-electron chi connectivity index (χ0n) is 6.06. The molecule has 0 saturated heterocycles. The molecule has 0 spiro atoms. The quantitative estimate of drug-likeness (QED) is 0.458. The molecule has 0 aromatic rings. The molecule has 0 heterocycles. The first-order valence-corrected chi connectivity index (χ1v) is 4.70. The third kappa shape index (κ3) is 4.74. The topological polar surface area (TPSA) is 87.0 Å². The lowest BCUT2D eigenvalue weighted by atomic mass is 10.2. The Kier molecular flexibility index (Phi) is 3.50. The highest BCUT2D eigenvalue weighted by Crippen LogP contribution is 2.42. The van der Waals surface area contributed by atoms with E-state index < -0.39 is 19.0 Å². The van der Waals surface area contributed by atoms with Gasteiger partial charge in [0.05, 0.1) is 0 Å². The van der Waals surface area contributed by atoms with Crippen LogP contribution in [0.4, 0.5) is 0 Å². The number of aliphatic hydroxyl groups is 1. The van der Waals surface area contributed by atoms with Gasteiger partial charge in [-0.25, -0.2) is 4.57 Å². The summed E-state index contributed by atoms with van der Waals surface area (Å²) in [5.41, 5.74) is -2.92. The van der Waals surface area contributed by atoms with Crippen LogP contribution in [-0.4, -0.2) is 26.1 Å². The molecule has 0 fully saturated rings. The molecule has 0 aliphatic carbocycles. The monoisotopic (exact) mass is 204 g/mol. The summed E-state index contributed by atoms with van der Waals surface area (Å²) in [7, 11) is -4.59. The highest BCUT2D eigenvalue weighted by molar-refractivity contribution is 7.46. The van der Waals surface area contributed by atoms with Crippen LogP contribution in [0.1, 0.15) is 13.8 Å². The second kappa shape index (κ2) is 3.39. The summed E-state index contributed by atoms with van der Waals surface area (Å²) in [5, 5.41) is 8.74. The first-order chi connectivity index (χ1) is 4.65. The van der Waals surface area contributed by atoms with Gasteiger partial charge in [-0.1, -0.05) is 11.6 Å². The summed E-state index contributed by atoms with van der Waals surface area (Å²) in [5.74, 6) is 0. The van der Waals surface area contributed by atoms with Gasteiger partial charge in [0.2, 0.25) is 0 Å². The molecular formula is C4H10ClO5P. The average molecular weight is 205 g/mol. The van der Waals surface area contributed by atoms with E-state index in [9.17, 15) is 4.57 Å². The molecule has 3 N–H and O–H groups in total. The predicted molar refractivity (Wildman–Crippen MR) is 39.1 cm³/mol. The molecular weight excluding hydrogens is 194 g/mol. The smallest absolute Gasteiger partial charge is 0.375 e. The van der Waals surface area contributed by atoms with Crippen LogP contribution < -0.4 is 0 Å². The van der Waals surface area contributed by atoms with Crippen LogP contribution in [0.5, 0.6) is 0 Å². The van der Waals surface area contributed by atoms with Gasteiger partial charge in [-0.3, -0.25) is 4.52 Å². The van der Waals surface area contributed by atoms with Gasteiger partial charge in [0.25, 0.3) is 0 Å². The average Bonchev–Trinajstić information content (AvgIpc) is 1.56. The number of halogens is 1. The number of rotatable bonds is 3. The molecule has 0 aliphatic heterocycles. The second-order valence-corrected chi connectivity index (χ2v) is 4.10. The zero-order valence-corrected chi connectivity index (χ0v) is 7.71. The van der Waals surface area contributed by atoms with Crippen molar-refractivity contribution in [2.45, 2.75) is 25.0 Å². The van der Waals surface area contributed by atoms with Gasteiger partial charge in [0, 0.05) is 0 Å². The number of phosphoric acid groups is 1. The van der Waals surface area contributed by atoms with Crippen molar-refractivity contribution in [2.75, 3.05) is 0 Å². The van der Waals surface area contributed by atoms with Crippen LogP contribution in [0.3, 0.4) is 0 Å². The Morgan fingerprint density at radius 3 is 2.00 bits per heavy atom. The van der Waals surface area contributed by atoms with E-state index in [1.165, 1.54) is 13.8 Å². The Balaban J connectivity index is 4.25. The Bertz CT molecular complexity index is 173. The Morgan fingerprint density at radius 2 is 1.91 bits per heavy atom. The van der Waals surface area contributed by atoms with Crippen LogP contribution in [0.2, 0.25) is 0 Å². The maximum atomic E-state index is 10.3. The minimum Gasteiger partial charge on any atom is -0.375 e. The number of aliphatic hydroxyl groups excluding tert-OH is 1. The van der Waals surface area contributed by atoms with Crippen molar-refractivity contribution in [3.8, 4) is 0 Å². The van der Waals surface area contributed by atoms with Gasteiger partial charge in [0.1, 0.15) is 5.60 Å². The normalized spacial score (nSPS) is 16.5. The van der Waals surface area contributed by atoms with E-state index in [0.29, 0.717) is 0 Å². The van der Waals surface area contributed by atoms with E-state index in [4.69, 9.17) is 26.5 Å². The summed E-state index contributed by atoms with van der Waals surface area (Å²) < 4.78 is 14.4. The van der Waals surface area contributed by atoms with Crippen molar-refractivity contribution in [3.63, 3.8) is 0 Å². The first kappa shape index (κ1) is 11.4. The molecule has 1 unspecified atom stereocenters. The Hall–Kier alpha value is 0.360. The van der Waals surface area contributed by atoms with E-state index in [0.717, 1.165) is 0 Å². The van der Waals surface area contributed by atoms with E-state index in [1.807, 2.05) is 0 Å². The molecule has 5 nitrogen and oxygen atoms in total. The highest BCUT2D eigenvalue weighted by atomic mass is 35.5. The van der Waals surface area contributed by atoms with E-state index in [-0.39, 0.29) is 0 Å². The first-order valence-electron chi connectivity index (χ1n) is 2.73. The highest BCUT2D eigenvalue weighted by Gasteiger charge is 2.34. The van der Waals surface area contributed by atoms with Gasteiger partial charge in [0.15, 0.2) is 5.56 Å². The van der Waals surface area contributed by atoms with Crippen molar-refractivity contribution in [3.05, 3.63) is 0 Å². The van der Waals surface area contributed by atoms with Crippen molar-refractivity contribution in [1.82, 2.24) is 0 Å².